The highest BCUT2D eigenvalue weighted by Gasteiger charge is 2.25. The summed E-state index contributed by atoms with van der Waals surface area (Å²) in [6.07, 6.45) is 4.99. The lowest BCUT2D eigenvalue weighted by Gasteiger charge is -2.25. The Kier molecular flexibility index (Phi) is 9.85. The van der Waals surface area contributed by atoms with Crippen molar-refractivity contribution in [3.63, 3.8) is 0 Å². The van der Waals surface area contributed by atoms with E-state index in [0.717, 1.165) is 83.9 Å². The molecular formula is C35H36N8O. The fourth-order valence-electron chi connectivity index (χ4n) is 5.73. The van der Waals surface area contributed by atoms with Crippen LogP contribution < -0.4 is 10.6 Å². The third kappa shape index (κ3) is 7.22. The number of rotatable bonds is 8. The van der Waals surface area contributed by atoms with Gasteiger partial charge in [0.25, 0.3) is 0 Å². The lowest BCUT2D eigenvalue weighted by Crippen LogP contribution is -2.31. The van der Waals surface area contributed by atoms with Crippen molar-refractivity contribution in [2.45, 2.75) is 26.8 Å². The molecule has 1 atom stereocenters. The van der Waals surface area contributed by atoms with Gasteiger partial charge in [0.2, 0.25) is 12.2 Å². The van der Waals surface area contributed by atoms with Gasteiger partial charge in [0, 0.05) is 60.8 Å². The molecule has 6 rings (SSSR count). The van der Waals surface area contributed by atoms with E-state index < -0.39 is 0 Å². The van der Waals surface area contributed by atoms with Crippen molar-refractivity contribution in [1.29, 1.82) is 5.26 Å². The molecule has 0 spiro atoms. The van der Waals surface area contributed by atoms with Gasteiger partial charge >= 0.3 is 0 Å². The first-order chi connectivity index (χ1) is 21.5. The summed E-state index contributed by atoms with van der Waals surface area (Å²) in [5.74, 6) is 1.61. The van der Waals surface area contributed by atoms with Gasteiger partial charge in [-0.1, -0.05) is 54.6 Å². The number of likely N-dealkylation sites (tertiary alicyclic amines) is 1. The minimum Gasteiger partial charge on any atom is -0.372 e. The van der Waals surface area contributed by atoms with Crippen LogP contribution in [-0.2, 0) is 11.3 Å². The summed E-state index contributed by atoms with van der Waals surface area (Å²) in [6.45, 7) is 8.97. The van der Waals surface area contributed by atoms with Crippen LogP contribution in [0, 0.1) is 24.2 Å². The molecule has 2 aromatic carbocycles. The number of primary amides is 1. The van der Waals surface area contributed by atoms with Crippen molar-refractivity contribution in [3.05, 3.63) is 102 Å². The number of nitriles is 1. The van der Waals surface area contributed by atoms with E-state index in [0.29, 0.717) is 5.92 Å². The molecule has 2 N–H and O–H groups in total. The van der Waals surface area contributed by atoms with Gasteiger partial charge in [0.1, 0.15) is 11.9 Å². The zero-order valence-electron chi connectivity index (χ0n) is 25.1. The van der Waals surface area contributed by atoms with E-state index in [1.807, 2.05) is 31.3 Å². The van der Waals surface area contributed by atoms with Gasteiger partial charge in [-0.3, -0.25) is 14.7 Å². The Bertz CT molecular complexity index is 1750. The van der Waals surface area contributed by atoms with Gasteiger partial charge in [-0.2, -0.15) is 5.26 Å². The number of hydrogen-bond donors (Lipinski definition) is 1. The number of amides is 1. The summed E-state index contributed by atoms with van der Waals surface area (Å²) in [7, 11) is 0. The van der Waals surface area contributed by atoms with Crippen LogP contribution in [0.2, 0.25) is 0 Å². The van der Waals surface area contributed by atoms with E-state index in [-0.39, 0.29) is 12.2 Å². The second kappa shape index (κ2) is 14.3. The standard InChI is InChI=1S/C34H33N7.CH3NO/c1-3-41(33-13-15-36-32(19-35)39-33)23-26-14-16-40(22-26)21-25-9-11-28(12-10-25)34-30(27-7-5-4-6-8-27)18-29-20-37-24(2)17-31(29)38-34;2-1-3/h4-13,15,17-18,20,26H,3,14,16,21-23H2,1-2H3;1H,(H2,2,3). The average molecular weight is 585 g/mol. The van der Waals surface area contributed by atoms with Gasteiger partial charge < -0.3 is 10.6 Å². The zero-order chi connectivity index (χ0) is 30.9. The lowest BCUT2D eigenvalue weighted by atomic mass is 9.97. The molecule has 1 aliphatic rings. The fraction of sp³-hybridized carbons (Fsp3) is 0.257. The zero-order valence-corrected chi connectivity index (χ0v) is 25.1. The molecular weight excluding hydrogens is 548 g/mol. The molecule has 5 aromatic rings. The number of nitrogens with two attached hydrogens (primary N) is 1. The van der Waals surface area contributed by atoms with Crippen LogP contribution in [0.1, 0.15) is 30.4 Å². The minimum absolute atomic E-state index is 0.222. The van der Waals surface area contributed by atoms with E-state index >= 15 is 0 Å². The highest BCUT2D eigenvalue weighted by atomic mass is 16.1. The number of fused-ring (bicyclic) bond motifs is 1. The summed E-state index contributed by atoms with van der Waals surface area (Å²) in [5, 5.41) is 10.2. The molecule has 1 fully saturated rings. The number of pyridine rings is 2. The van der Waals surface area contributed by atoms with E-state index in [2.05, 4.69) is 98.1 Å². The van der Waals surface area contributed by atoms with Crippen molar-refractivity contribution < 1.29 is 4.79 Å². The fourth-order valence-corrected chi connectivity index (χ4v) is 5.73. The van der Waals surface area contributed by atoms with Crippen molar-refractivity contribution in [1.82, 2.24) is 24.8 Å². The first-order valence-electron chi connectivity index (χ1n) is 14.8. The molecule has 1 amide bonds. The summed E-state index contributed by atoms with van der Waals surface area (Å²) in [5.41, 5.74) is 11.8. The van der Waals surface area contributed by atoms with Crippen LogP contribution in [0.3, 0.4) is 0 Å². The number of aromatic nitrogens is 4. The molecule has 9 heteroatoms. The lowest BCUT2D eigenvalue weighted by molar-refractivity contribution is -0.106. The van der Waals surface area contributed by atoms with Crippen molar-refractivity contribution in [2.75, 3.05) is 31.1 Å². The number of carbonyl (C=O) groups is 1. The molecule has 9 nitrogen and oxygen atoms in total. The quantitative estimate of drug-likeness (QED) is 0.241. The van der Waals surface area contributed by atoms with Crippen molar-refractivity contribution in [3.8, 4) is 28.5 Å². The second-order valence-corrected chi connectivity index (χ2v) is 10.9. The van der Waals surface area contributed by atoms with Crippen LogP contribution in [-0.4, -0.2) is 57.4 Å². The number of carbonyl (C=O) groups excluding carboxylic acids is 1. The predicted octanol–water partition coefficient (Wildman–Crippen LogP) is 5.38. The number of anilines is 1. The minimum atomic E-state index is 0.222. The van der Waals surface area contributed by atoms with Gasteiger partial charge in [-0.25, -0.2) is 15.0 Å². The molecule has 0 aliphatic carbocycles. The third-order valence-electron chi connectivity index (χ3n) is 7.85. The Hall–Kier alpha value is -5.20. The van der Waals surface area contributed by atoms with E-state index in [9.17, 15) is 0 Å². The molecule has 44 heavy (non-hydrogen) atoms. The number of nitrogens with zero attached hydrogens (tertiary/aromatic N) is 7. The monoisotopic (exact) mass is 584 g/mol. The van der Waals surface area contributed by atoms with Gasteiger partial charge in [-0.15, -0.1) is 0 Å². The van der Waals surface area contributed by atoms with E-state index in [4.69, 9.17) is 15.0 Å². The highest BCUT2D eigenvalue weighted by Crippen LogP contribution is 2.34. The molecule has 0 bridgehead atoms. The van der Waals surface area contributed by atoms with Crippen LogP contribution in [0.15, 0.2) is 85.2 Å². The Labute approximate surface area is 258 Å². The molecule has 1 aliphatic heterocycles. The van der Waals surface area contributed by atoms with Crippen molar-refractivity contribution >= 4 is 23.1 Å². The predicted molar refractivity (Wildman–Crippen MR) is 173 cm³/mol. The van der Waals surface area contributed by atoms with Crippen LogP contribution in [0.5, 0.6) is 0 Å². The Balaban J connectivity index is 0.00000123. The van der Waals surface area contributed by atoms with Crippen molar-refractivity contribution in [2.24, 2.45) is 11.7 Å². The first kappa shape index (κ1) is 30.3. The Morgan fingerprint density at radius 3 is 2.55 bits per heavy atom. The SMILES string of the molecule is CCN(CC1CCN(Cc2ccc(-c3nc4cc(C)ncc4cc3-c3ccccc3)cc2)C1)c1ccnc(C#N)n1.NC=O. The molecule has 3 aromatic heterocycles. The van der Waals surface area contributed by atoms with E-state index in [1.54, 1.807) is 6.20 Å². The maximum Gasteiger partial charge on any atom is 0.234 e. The molecule has 222 valence electrons. The van der Waals surface area contributed by atoms with Crippen LogP contribution in [0.25, 0.3) is 33.3 Å². The number of benzene rings is 2. The normalized spacial score (nSPS) is 14.4. The third-order valence-corrected chi connectivity index (χ3v) is 7.85. The molecule has 0 saturated carbocycles. The second-order valence-electron chi connectivity index (χ2n) is 10.9. The van der Waals surface area contributed by atoms with E-state index in [1.165, 1.54) is 5.56 Å². The summed E-state index contributed by atoms with van der Waals surface area (Å²) in [6, 6.07) is 27.6. The number of hydrogen-bond acceptors (Lipinski definition) is 8. The van der Waals surface area contributed by atoms with Crippen LogP contribution in [0.4, 0.5) is 5.82 Å². The van der Waals surface area contributed by atoms with Gasteiger partial charge in [-0.05, 0) is 62.1 Å². The summed E-state index contributed by atoms with van der Waals surface area (Å²) >= 11 is 0. The van der Waals surface area contributed by atoms with Gasteiger partial charge in [0.05, 0.1) is 11.2 Å². The smallest absolute Gasteiger partial charge is 0.234 e. The first-order valence-corrected chi connectivity index (χ1v) is 14.8. The highest BCUT2D eigenvalue weighted by molar-refractivity contribution is 5.91. The largest absolute Gasteiger partial charge is 0.372 e. The summed E-state index contributed by atoms with van der Waals surface area (Å²) < 4.78 is 0. The topological polar surface area (TPSA) is 125 Å². The molecule has 4 heterocycles. The Morgan fingerprint density at radius 2 is 1.82 bits per heavy atom. The molecule has 1 unspecified atom stereocenters. The summed E-state index contributed by atoms with van der Waals surface area (Å²) in [4.78, 5) is 31.4. The van der Waals surface area contributed by atoms with Gasteiger partial charge in [0.15, 0.2) is 0 Å². The Morgan fingerprint density at radius 1 is 1.05 bits per heavy atom. The number of aryl methyl sites for hydroxylation is 1. The molecule has 0 radical (unpaired) electrons. The molecule has 1 saturated heterocycles. The maximum atomic E-state index is 9.17. The van der Waals surface area contributed by atoms with Crippen LogP contribution >= 0.6 is 0 Å². The average Bonchev–Trinajstić information content (AvgIpc) is 3.50. The maximum absolute atomic E-state index is 9.17.